The molecule has 6 heteroatoms. The van der Waals surface area contributed by atoms with Crippen LogP contribution in [0.15, 0.2) is 24.3 Å². The van der Waals surface area contributed by atoms with Gasteiger partial charge in [-0.2, -0.15) is 8.78 Å². The van der Waals surface area contributed by atoms with Gasteiger partial charge in [0.15, 0.2) is 0 Å². The molecule has 0 saturated heterocycles. The first-order valence-corrected chi connectivity index (χ1v) is 5.33. The number of carbonyl (C=O) groups is 1. The Balaban J connectivity index is 2.57. The van der Waals surface area contributed by atoms with Crippen LogP contribution in [0.5, 0.6) is 5.75 Å². The molecule has 0 atom stereocenters. The fraction of sp³-hybridized carbons (Fsp3) is 0.417. The van der Waals surface area contributed by atoms with Crippen LogP contribution in [0.25, 0.3) is 0 Å². The molecule has 1 rings (SSSR count). The molecule has 0 fully saturated rings. The number of ether oxygens (including phenoxy) is 1. The van der Waals surface area contributed by atoms with Gasteiger partial charge in [0.1, 0.15) is 5.75 Å². The Bertz CT molecular complexity index is 404. The smallest absolute Gasteiger partial charge is 0.387 e. The van der Waals surface area contributed by atoms with Crippen molar-refractivity contribution in [2.45, 2.75) is 20.5 Å². The zero-order valence-corrected chi connectivity index (χ0v) is 10.1. The Morgan fingerprint density at radius 1 is 1.39 bits per heavy atom. The van der Waals surface area contributed by atoms with Crippen LogP contribution in [-0.2, 0) is 4.79 Å². The van der Waals surface area contributed by atoms with E-state index in [1.165, 1.54) is 12.1 Å². The zero-order chi connectivity index (χ0) is 13.8. The Morgan fingerprint density at radius 2 is 1.94 bits per heavy atom. The second-order valence-corrected chi connectivity index (χ2v) is 4.45. The molecule has 100 valence electrons. The highest BCUT2D eigenvalue weighted by Crippen LogP contribution is 2.20. The molecule has 2 N–H and O–H groups in total. The molecule has 0 saturated carbocycles. The minimum Gasteiger partial charge on any atom is -0.481 e. The van der Waals surface area contributed by atoms with Crippen molar-refractivity contribution in [1.82, 2.24) is 0 Å². The summed E-state index contributed by atoms with van der Waals surface area (Å²) in [4.78, 5) is 10.9. The zero-order valence-electron chi connectivity index (χ0n) is 10.1. The molecule has 0 aromatic heterocycles. The number of carboxylic acids is 1. The Kier molecular flexibility index (Phi) is 4.47. The van der Waals surface area contributed by atoms with Gasteiger partial charge < -0.3 is 15.2 Å². The highest BCUT2D eigenvalue weighted by molar-refractivity contribution is 5.74. The number of hydrogen-bond acceptors (Lipinski definition) is 3. The van der Waals surface area contributed by atoms with Gasteiger partial charge in [0.05, 0.1) is 5.41 Å². The Hall–Kier alpha value is -1.85. The van der Waals surface area contributed by atoms with E-state index in [2.05, 4.69) is 10.1 Å². The third-order valence-electron chi connectivity index (χ3n) is 2.39. The van der Waals surface area contributed by atoms with Gasteiger partial charge in [-0.1, -0.05) is 0 Å². The largest absolute Gasteiger partial charge is 0.481 e. The third kappa shape index (κ3) is 4.20. The maximum Gasteiger partial charge on any atom is 0.387 e. The number of anilines is 1. The van der Waals surface area contributed by atoms with Gasteiger partial charge in [-0.3, -0.25) is 4.79 Å². The van der Waals surface area contributed by atoms with E-state index in [4.69, 9.17) is 5.11 Å². The normalized spacial score (nSPS) is 11.4. The van der Waals surface area contributed by atoms with Gasteiger partial charge in [-0.05, 0) is 38.1 Å². The number of aliphatic carboxylic acids is 1. The summed E-state index contributed by atoms with van der Waals surface area (Å²) < 4.78 is 28.0. The maximum atomic E-state index is 11.9. The summed E-state index contributed by atoms with van der Waals surface area (Å²) in [6.07, 6.45) is 0. The molecule has 0 unspecified atom stereocenters. The van der Waals surface area contributed by atoms with E-state index in [1.54, 1.807) is 26.0 Å². The maximum absolute atomic E-state index is 11.9. The van der Waals surface area contributed by atoms with Gasteiger partial charge in [0.25, 0.3) is 0 Å². The van der Waals surface area contributed by atoms with E-state index < -0.39 is 18.0 Å². The summed E-state index contributed by atoms with van der Waals surface area (Å²) in [6, 6.07) is 5.88. The number of carboxylic acid groups (broad SMARTS) is 1. The topological polar surface area (TPSA) is 58.6 Å². The van der Waals surface area contributed by atoms with Gasteiger partial charge in [-0.15, -0.1) is 0 Å². The SMILES string of the molecule is CC(C)(CNc1ccc(OC(F)F)cc1)C(=O)O. The lowest BCUT2D eigenvalue weighted by Crippen LogP contribution is -2.31. The van der Waals surface area contributed by atoms with Crippen molar-refractivity contribution < 1.29 is 23.4 Å². The molecular weight excluding hydrogens is 244 g/mol. The number of rotatable bonds is 6. The second kappa shape index (κ2) is 5.66. The molecule has 0 radical (unpaired) electrons. The lowest BCUT2D eigenvalue weighted by molar-refractivity contribution is -0.146. The van der Waals surface area contributed by atoms with Crippen molar-refractivity contribution in [2.24, 2.45) is 5.41 Å². The monoisotopic (exact) mass is 259 g/mol. The van der Waals surface area contributed by atoms with Crippen LogP contribution in [0.1, 0.15) is 13.8 Å². The highest BCUT2D eigenvalue weighted by atomic mass is 19.3. The fourth-order valence-electron chi connectivity index (χ4n) is 1.15. The quantitative estimate of drug-likeness (QED) is 0.824. The fourth-order valence-corrected chi connectivity index (χ4v) is 1.15. The summed E-state index contributed by atoms with van der Waals surface area (Å²) >= 11 is 0. The van der Waals surface area contributed by atoms with Crippen LogP contribution < -0.4 is 10.1 Å². The van der Waals surface area contributed by atoms with E-state index in [1.807, 2.05) is 0 Å². The average molecular weight is 259 g/mol. The molecule has 0 bridgehead atoms. The summed E-state index contributed by atoms with van der Waals surface area (Å²) in [5.74, 6) is -0.847. The molecule has 1 aromatic carbocycles. The van der Waals surface area contributed by atoms with E-state index in [0.29, 0.717) is 5.69 Å². The highest BCUT2D eigenvalue weighted by Gasteiger charge is 2.26. The minimum atomic E-state index is -2.85. The summed E-state index contributed by atoms with van der Waals surface area (Å²) in [5, 5.41) is 11.8. The van der Waals surface area contributed by atoms with Crippen molar-refractivity contribution in [3.8, 4) is 5.75 Å². The minimum absolute atomic E-state index is 0.0630. The molecule has 0 aliphatic heterocycles. The van der Waals surface area contributed by atoms with Crippen molar-refractivity contribution in [3.05, 3.63) is 24.3 Å². The molecule has 0 aliphatic rings. The summed E-state index contributed by atoms with van der Waals surface area (Å²) in [7, 11) is 0. The molecule has 0 spiro atoms. The third-order valence-corrected chi connectivity index (χ3v) is 2.39. The average Bonchev–Trinajstić information content (AvgIpc) is 2.27. The van der Waals surface area contributed by atoms with Crippen LogP contribution in [0.4, 0.5) is 14.5 Å². The van der Waals surface area contributed by atoms with Crippen LogP contribution in [0, 0.1) is 5.41 Å². The number of hydrogen-bond donors (Lipinski definition) is 2. The van der Waals surface area contributed by atoms with Crippen LogP contribution in [0.2, 0.25) is 0 Å². The van der Waals surface area contributed by atoms with Crippen LogP contribution >= 0.6 is 0 Å². The molecule has 0 amide bonds. The first kappa shape index (κ1) is 14.2. The van der Waals surface area contributed by atoms with Gasteiger partial charge >= 0.3 is 12.6 Å². The number of nitrogens with one attached hydrogen (secondary N) is 1. The van der Waals surface area contributed by atoms with Crippen LogP contribution in [0.3, 0.4) is 0 Å². The van der Waals surface area contributed by atoms with E-state index in [-0.39, 0.29) is 12.3 Å². The standard InChI is InChI=1S/C12H15F2NO3/c1-12(2,10(16)17)7-15-8-3-5-9(6-4-8)18-11(13)14/h3-6,11,15H,7H2,1-2H3,(H,16,17). The van der Waals surface area contributed by atoms with Crippen LogP contribution in [-0.4, -0.2) is 24.2 Å². The van der Waals surface area contributed by atoms with Crippen molar-refractivity contribution in [3.63, 3.8) is 0 Å². The second-order valence-electron chi connectivity index (χ2n) is 4.45. The van der Waals surface area contributed by atoms with E-state index >= 15 is 0 Å². The molecule has 0 aliphatic carbocycles. The number of benzene rings is 1. The first-order valence-electron chi connectivity index (χ1n) is 5.33. The molecule has 18 heavy (non-hydrogen) atoms. The van der Waals surface area contributed by atoms with Crippen molar-refractivity contribution >= 4 is 11.7 Å². The van der Waals surface area contributed by atoms with Gasteiger partial charge in [0.2, 0.25) is 0 Å². The lowest BCUT2D eigenvalue weighted by atomic mass is 9.94. The number of alkyl halides is 2. The van der Waals surface area contributed by atoms with Crippen molar-refractivity contribution in [1.29, 1.82) is 0 Å². The van der Waals surface area contributed by atoms with Crippen molar-refractivity contribution in [2.75, 3.05) is 11.9 Å². The van der Waals surface area contributed by atoms with E-state index in [0.717, 1.165) is 0 Å². The van der Waals surface area contributed by atoms with E-state index in [9.17, 15) is 13.6 Å². The first-order chi connectivity index (χ1) is 8.31. The number of halogens is 2. The van der Waals surface area contributed by atoms with Gasteiger partial charge in [-0.25, -0.2) is 0 Å². The summed E-state index contributed by atoms with van der Waals surface area (Å²) in [6.45, 7) is 0.569. The Labute approximate surface area is 104 Å². The van der Waals surface area contributed by atoms with Gasteiger partial charge in [0, 0.05) is 12.2 Å². The summed E-state index contributed by atoms with van der Waals surface area (Å²) in [5.41, 5.74) is -0.260. The lowest BCUT2D eigenvalue weighted by Gasteiger charge is -2.20. The predicted molar refractivity (Wildman–Crippen MR) is 63.0 cm³/mol. The predicted octanol–water partition coefficient (Wildman–Crippen LogP) is 2.81. The Morgan fingerprint density at radius 3 is 2.39 bits per heavy atom. The molecule has 1 aromatic rings. The molecule has 4 nitrogen and oxygen atoms in total. The molecule has 0 heterocycles. The molecular formula is C12H15F2NO3.